The summed E-state index contributed by atoms with van der Waals surface area (Å²) >= 11 is 0. The predicted molar refractivity (Wildman–Crippen MR) is 394 cm³/mol. The highest BCUT2D eigenvalue weighted by Crippen LogP contribution is 2.58. The van der Waals surface area contributed by atoms with Crippen LogP contribution in [0.15, 0.2) is 158 Å². The van der Waals surface area contributed by atoms with Gasteiger partial charge in [0, 0.05) is 37.0 Å². The van der Waals surface area contributed by atoms with Crippen LogP contribution in [0, 0.1) is 55.4 Å². The Kier molecular flexibility index (Phi) is 22.3. The summed E-state index contributed by atoms with van der Waals surface area (Å²) in [4.78, 5) is 9.81. The third kappa shape index (κ3) is 15.0. The van der Waals surface area contributed by atoms with E-state index in [0.29, 0.717) is 0 Å². The zero-order valence-electron chi connectivity index (χ0n) is 59.1. The summed E-state index contributed by atoms with van der Waals surface area (Å²) < 4.78 is 11.0. The lowest BCUT2D eigenvalue weighted by atomic mass is 9.67. The van der Waals surface area contributed by atoms with Gasteiger partial charge in [-0.05, 0) is 226 Å². The summed E-state index contributed by atoms with van der Waals surface area (Å²) in [7, 11) is 8.73. The maximum absolute atomic E-state index is 5.52. The van der Waals surface area contributed by atoms with Crippen LogP contribution in [0.5, 0.6) is 0 Å². The molecule has 0 atom stereocenters. The van der Waals surface area contributed by atoms with Gasteiger partial charge in [0.05, 0.1) is 31.8 Å². The van der Waals surface area contributed by atoms with E-state index in [-0.39, 0.29) is 16.2 Å². The highest BCUT2D eigenvalue weighted by molar-refractivity contribution is 5.87. The second kappa shape index (κ2) is 30.5. The molecule has 6 heteroatoms. The summed E-state index contributed by atoms with van der Waals surface area (Å²) in [6.45, 7) is 30.5. The summed E-state index contributed by atoms with van der Waals surface area (Å²) in [6.07, 6.45) is 15.6. The van der Waals surface area contributed by atoms with E-state index in [2.05, 4.69) is 261 Å². The number of hydrogen-bond donors (Lipinski definition) is 0. The van der Waals surface area contributed by atoms with Gasteiger partial charge in [0.25, 0.3) is 0 Å². The Balaban J connectivity index is 0.000000147. The van der Waals surface area contributed by atoms with Crippen molar-refractivity contribution in [3.63, 3.8) is 0 Å². The van der Waals surface area contributed by atoms with Crippen molar-refractivity contribution in [2.45, 2.75) is 149 Å². The molecule has 0 N–H and O–H groups in total. The molecular formula is C87H110N4O2. The van der Waals surface area contributed by atoms with Crippen LogP contribution < -0.4 is 0 Å². The number of aryl methyl sites for hydroxylation is 8. The molecule has 93 heavy (non-hydrogen) atoms. The van der Waals surface area contributed by atoms with Gasteiger partial charge in [-0.2, -0.15) is 0 Å². The summed E-state index contributed by atoms with van der Waals surface area (Å²) in [5.74, 6) is 0. The lowest BCUT2D eigenvalue weighted by molar-refractivity contribution is 0.0371. The predicted octanol–water partition coefficient (Wildman–Crippen LogP) is 18.9. The average molecular weight is 1240 g/mol. The lowest BCUT2D eigenvalue weighted by Crippen LogP contribution is -2.36. The second-order valence-corrected chi connectivity index (χ2v) is 29.3. The van der Waals surface area contributed by atoms with Crippen molar-refractivity contribution in [2.24, 2.45) is 0 Å². The van der Waals surface area contributed by atoms with E-state index in [1.165, 1.54) is 201 Å². The van der Waals surface area contributed by atoms with Crippen molar-refractivity contribution >= 4 is 0 Å². The number of benzene rings is 8. The van der Waals surface area contributed by atoms with Gasteiger partial charge in [-0.15, -0.1) is 0 Å². The van der Waals surface area contributed by atoms with E-state index < -0.39 is 0 Å². The Morgan fingerprint density at radius 3 is 0.860 bits per heavy atom. The quantitative estimate of drug-likeness (QED) is 0.0629. The molecule has 8 aromatic carbocycles. The largest absolute Gasteiger partial charge is 0.379 e. The monoisotopic (exact) mass is 1240 g/mol. The zero-order chi connectivity index (χ0) is 65.3. The Bertz CT molecular complexity index is 3540. The maximum atomic E-state index is 5.52. The summed E-state index contributed by atoms with van der Waals surface area (Å²) in [5, 5.41) is 0. The molecule has 2 aliphatic heterocycles. The van der Waals surface area contributed by atoms with Crippen molar-refractivity contribution < 1.29 is 9.47 Å². The molecule has 0 amide bonds. The van der Waals surface area contributed by atoms with E-state index in [9.17, 15) is 0 Å². The van der Waals surface area contributed by atoms with E-state index in [1.807, 2.05) is 0 Å². The molecule has 0 spiro atoms. The first kappa shape index (κ1) is 67.9. The maximum Gasteiger partial charge on any atom is 0.0713 e. The molecule has 3 aliphatic carbocycles. The molecular weight excluding hydrogens is 1130 g/mol. The minimum atomic E-state index is -0.288. The fourth-order valence-electron chi connectivity index (χ4n) is 16.4. The Morgan fingerprint density at radius 1 is 0.301 bits per heavy atom. The van der Waals surface area contributed by atoms with Crippen LogP contribution in [0.4, 0.5) is 0 Å². The Hall–Kier alpha value is -6.48. The number of fused-ring (bicyclic) bond motifs is 9. The first-order valence-corrected chi connectivity index (χ1v) is 35.7. The molecule has 6 nitrogen and oxygen atoms in total. The minimum absolute atomic E-state index is 0.122. The third-order valence-electron chi connectivity index (χ3n) is 21.6. The molecule has 0 saturated carbocycles. The molecule has 2 heterocycles. The van der Waals surface area contributed by atoms with Crippen LogP contribution in [0.2, 0.25) is 0 Å². The van der Waals surface area contributed by atoms with Crippen molar-refractivity contribution in [2.75, 3.05) is 107 Å². The Morgan fingerprint density at radius 2 is 0.559 bits per heavy atom. The normalized spacial score (nSPS) is 16.4. The molecule has 490 valence electrons. The fourth-order valence-corrected chi connectivity index (χ4v) is 16.4. The lowest BCUT2D eigenvalue weighted by Gasteiger charge is -2.35. The second-order valence-electron chi connectivity index (χ2n) is 29.3. The molecule has 2 saturated heterocycles. The SMILES string of the molecule is Cc1ccc(C2(c3ccc(C)cc3)c3cc(C)ccc3-c3ccc(C)cc32)cc1.Cc1ccc2c(c1)C(CCCCCCN1CCOCC1)(CCCCCCN1CCOCC1)c1cc(C)ccc1-2.Cc1ccc2c(c1)C(CCN(C)C)(CCN(C)C)c1cc(C)ccc1-2. The van der Waals surface area contributed by atoms with Gasteiger partial charge >= 0.3 is 0 Å². The van der Waals surface area contributed by atoms with Gasteiger partial charge in [-0.1, -0.05) is 241 Å². The third-order valence-corrected chi connectivity index (χ3v) is 21.6. The van der Waals surface area contributed by atoms with E-state index in [0.717, 1.165) is 65.7 Å². The van der Waals surface area contributed by atoms with E-state index >= 15 is 0 Å². The number of unbranched alkanes of at least 4 members (excludes halogenated alkanes) is 6. The van der Waals surface area contributed by atoms with Crippen LogP contribution in [0.1, 0.15) is 166 Å². The number of morpholine rings is 2. The molecule has 2 fully saturated rings. The minimum Gasteiger partial charge on any atom is -0.379 e. The first-order chi connectivity index (χ1) is 45.0. The van der Waals surface area contributed by atoms with Gasteiger partial charge in [0.15, 0.2) is 0 Å². The van der Waals surface area contributed by atoms with Gasteiger partial charge in [-0.3, -0.25) is 9.80 Å². The van der Waals surface area contributed by atoms with Crippen LogP contribution in [0.3, 0.4) is 0 Å². The van der Waals surface area contributed by atoms with E-state index in [4.69, 9.17) is 9.47 Å². The molecule has 0 aromatic heterocycles. The van der Waals surface area contributed by atoms with E-state index in [1.54, 1.807) is 11.1 Å². The van der Waals surface area contributed by atoms with Gasteiger partial charge in [0.1, 0.15) is 0 Å². The fraction of sp³-hybridized carbons (Fsp3) is 0.448. The van der Waals surface area contributed by atoms with Crippen LogP contribution in [-0.4, -0.2) is 127 Å². The summed E-state index contributed by atoms with van der Waals surface area (Å²) in [5.41, 5.74) is 31.1. The van der Waals surface area contributed by atoms with Crippen LogP contribution in [-0.2, 0) is 25.7 Å². The number of rotatable bonds is 22. The van der Waals surface area contributed by atoms with Gasteiger partial charge < -0.3 is 19.3 Å². The smallest absolute Gasteiger partial charge is 0.0713 e. The first-order valence-electron chi connectivity index (χ1n) is 35.7. The Labute approximate surface area is 561 Å². The van der Waals surface area contributed by atoms with Gasteiger partial charge in [-0.25, -0.2) is 0 Å². The standard InChI is InChI=1S/C35H52N2O2.C29H26.C23H32N2/c1-29-11-13-31-32-14-12-30(2)28-34(32)35(33(31)27-29,15-7-3-5-9-17-36-19-23-38-24-20-36)16-8-4-6-10-18-37-21-25-39-26-22-37;1-19-5-11-23(12-6-19)29(24-13-7-20(2)8-14-24)27-17-21(3)9-15-25(27)26-16-10-22(4)18-28(26)29;1-17-7-9-19-20-10-8-18(2)16-22(20)23(21(19)15-17,11-13-24(3)4)12-14-25(5)6/h11-14,27-28H,3-10,15-26H2,1-2H3;5-18H,1-4H3;7-10,15-16H,11-14H2,1-6H3. The molecule has 0 bridgehead atoms. The molecule has 5 aliphatic rings. The average Bonchev–Trinajstić information content (AvgIpc) is 1.58. The van der Waals surface area contributed by atoms with Crippen LogP contribution in [0.25, 0.3) is 33.4 Å². The number of ether oxygens (including phenoxy) is 2. The molecule has 0 radical (unpaired) electrons. The molecule has 8 aromatic rings. The van der Waals surface area contributed by atoms with Crippen molar-refractivity contribution in [3.05, 3.63) is 247 Å². The van der Waals surface area contributed by atoms with Crippen molar-refractivity contribution in [1.82, 2.24) is 19.6 Å². The number of hydrogen-bond acceptors (Lipinski definition) is 6. The topological polar surface area (TPSA) is 31.4 Å². The van der Waals surface area contributed by atoms with Crippen LogP contribution >= 0.6 is 0 Å². The van der Waals surface area contributed by atoms with Crippen molar-refractivity contribution in [1.29, 1.82) is 0 Å². The highest BCUT2D eigenvalue weighted by Gasteiger charge is 2.47. The van der Waals surface area contributed by atoms with Crippen molar-refractivity contribution in [3.8, 4) is 33.4 Å². The number of nitrogens with zero attached hydrogens (tertiary/aromatic N) is 4. The van der Waals surface area contributed by atoms with Gasteiger partial charge in [0.2, 0.25) is 0 Å². The zero-order valence-corrected chi connectivity index (χ0v) is 59.1. The molecule has 0 unspecified atom stereocenters. The highest BCUT2D eigenvalue weighted by atomic mass is 16.5. The summed E-state index contributed by atoms with van der Waals surface area (Å²) in [6, 6.07) is 60.7. The molecule has 13 rings (SSSR count).